The van der Waals surface area contributed by atoms with Gasteiger partial charge in [0.15, 0.2) is 0 Å². The smallest absolute Gasteiger partial charge is 0.223 e. The molecular formula is C20H31NO. The van der Waals surface area contributed by atoms with Gasteiger partial charge in [0, 0.05) is 13.0 Å². The van der Waals surface area contributed by atoms with Crippen LogP contribution < -0.4 is 0 Å². The molecule has 1 aromatic carbocycles. The van der Waals surface area contributed by atoms with Crippen molar-refractivity contribution in [3.8, 4) is 0 Å². The fraction of sp³-hybridized carbons (Fsp3) is 0.650. The molecule has 2 heteroatoms. The van der Waals surface area contributed by atoms with Gasteiger partial charge in [-0.2, -0.15) is 0 Å². The summed E-state index contributed by atoms with van der Waals surface area (Å²) in [7, 11) is 0. The van der Waals surface area contributed by atoms with Gasteiger partial charge in [-0.25, -0.2) is 0 Å². The molecule has 2 rings (SSSR count). The Labute approximate surface area is 135 Å². The molecular weight excluding hydrogens is 270 g/mol. The van der Waals surface area contributed by atoms with Crippen LogP contribution in [0.25, 0.3) is 0 Å². The van der Waals surface area contributed by atoms with Crippen molar-refractivity contribution >= 4 is 5.91 Å². The van der Waals surface area contributed by atoms with Gasteiger partial charge in [0.1, 0.15) is 0 Å². The predicted molar refractivity (Wildman–Crippen MR) is 92.9 cm³/mol. The van der Waals surface area contributed by atoms with E-state index in [1.54, 1.807) is 0 Å². The second-order valence-corrected chi connectivity index (χ2v) is 8.84. The number of likely N-dealkylation sites (tertiary alicyclic amines) is 1. The molecule has 0 spiro atoms. The van der Waals surface area contributed by atoms with Crippen LogP contribution in [0, 0.1) is 5.41 Å². The van der Waals surface area contributed by atoms with Crippen molar-refractivity contribution < 1.29 is 4.79 Å². The number of carbonyl (C=O) groups excluding carboxylic acids is 1. The van der Waals surface area contributed by atoms with Gasteiger partial charge >= 0.3 is 0 Å². The molecule has 0 aromatic heterocycles. The van der Waals surface area contributed by atoms with Crippen LogP contribution in [0.1, 0.15) is 78.0 Å². The average Bonchev–Trinajstić information content (AvgIpc) is 2.80. The van der Waals surface area contributed by atoms with E-state index in [2.05, 4.69) is 70.7 Å². The van der Waals surface area contributed by atoms with E-state index in [1.807, 2.05) is 0 Å². The molecule has 1 atom stereocenters. The average molecular weight is 301 g/mol. The predicted octanol–water partition coefficient (Wildman–Crippen LogP) is 5.08. The van der Waals surface area contributed by atoms with Crippen LogP contribution in [-0.2, 0) is 10.2 Å². The minimum absolute atomic E-state index is 0.168. The first kappa shape index (κ1) is 17.1. The van der Waals surface area contributed by atoms with Crippen LogP contribution in [0.3, 0.4) is 0 Å². The fourth-order valence-electron chi connectivity index (χ4n) is 3.19. The van der Waals surface area contributed by atoms with Crippen LogP contribution in [0.5, 0.6) is 0 Å². The number of hydrogen-bond donors (Lipinski definition) is 0. The molecule has 1 amide bonds. The Balaban J connectivity index is 2.30. The lowest BCUT2D eigenvalue weighted by Gasteiger charge is -2.34. The van der Waals surface area contributed by atoms with Gasteiger partial charge in [-0.15, -0.1) is 0 Å². The lowest BCUT2D eigenvalue weighted by Crippen LogP contribution is -2.32. The highest BCUT2D eigenvalue weighted by molar-refractivity contribution is 5.78. The first-order valence-corrected chi connectivity index (χ1v) is 8.48. The summed E-state index contributed by atoms with van der Waals surface area (Å²) in [5.41, 5.74) is 2.99. The molecule has 1 fully saturated rings. The van der Waals surface area contributed by atoms with Crippen molar-refractivity contribution in [2.45, 2.75) is 72.3 Å². The first-order valence-electron chi connectivity index (χ1n) is 8.48. The van der Waals surface area contributed by atoms with Crippen molar-refractivity contribution in [1.29, 1.82) is 0 Å². The Bertz CT molecular complexity index is 516. The van der Waals surface area contributed by atoms with Gasteiger partial charge in [0.2, 0.25) is 5.91 Å². The maximum Gasteiger partial charge on any atom is 0.223 e. The quantitative estimate of drug-likeness (QED) is 0.762. The number of carbonyl (C=O) groups is 1. The molecule has 1 aromatic rings. The van der Waals surface area contributed by atoms with Gasteiger partial charge in [0.25, 0.3) is 0 Å². The summed E-state index contributed by atoms with van der Waals surface area (Å²) in [6.45, 7) is 14.4. The summed E-state index contributed by atoms with van der Waals surface area (Å²) in [6, 6.07) is 9.12. The molecule has 1 aliphatic rings. The van der Waals surface area contributed by atoms with E-state index in [1.165, 1.54) is 11.1 Å². The number of nitrogens with zero attached hydrogens (tertiary/aromatic N) is 1. The van der Waals surface area contributed by atoms with Crippen molar-refractivity contribution in [3.05, 3.63) is 35.4 Å². The van der Waals surface area contributed by atoms with Crippen molar-refractivity contribution in [3.63, 3.8) is 0 Å². The zero-order chi connectivity index (χ0) is 16.5. The number of amides is 1. The fourth-order valence-corrected chi connectivity index (χ4v) is 3.19. The molecule has 0 radical (unpaired) electrons. The topological polar surface area (TPSA) is 20.3 Å². The largest absolute Gasteiger partial charge is 0.336 e. The third kappa shape index (κ3) is 4.12. The normalized spacial score (nSPS) is 17.9. The SMILES string of the molecule is CC(C)(C)C[C@H](c1ccc(C(C)(C)C)cc1)N1CCCC1=O. The van der Waals surface area contributed by atoms with E-state index >= 15 is 0 Å². The Morgan fingerprint density at radius 1 is 1.05 bits per heavy atom. The Hall–Kier alpha value is -1.31. The third-order valence-corrected chi connectivity index (χ3v) is 4.45. The highest BCUT2D eigenvalue weighted by Crippen LogP contribution is 2.36. The van der Waals surface area contributed by atoms with Crippen LogP contribution in [0.4, 0.5) is 0 Å². The van der Waals surface area contributed by atoms with Gasteiger partial charge in [-0.05, 0) is 34.8 Å². The molecule has 122 valence electrons. The maximum atomic E-state index is 12.2. The van der Waals surface area contributed by atoms with Gasteiger partial charge < -0.3 is 4.90 Å². The molecule has 0 saturated carbocycles. The second kappa shape index (κ2) is 6.06. The number of hydrogen-bond acceptors (Lipinski definition) is 1. The standard InChI is InChI=1S/C20H31NO/c1-19(2,3)14-17(21-13-7-8-18(21)22)15-9-11-16(12-10-15)20(4,5)6/h9-12,17H,7-8,13-14H2,1-6H3/t17-/m1/s1. The molecule has 2 nitrogen and oxygen atoms in total. The molecule has 0 unspecified atom stereocenters. The van der Waals surface area contributed by atoms with Crippen LogP contribution in [0.2, 0.25) is 0 Å². The van der Waals surface area contributed by atoms with E-state index in [-0.39, 0.29) is 16.9 Å². The van der Waals surface area contributed by atoms with E-state index in [4.69, 9.17) is 0 Å². The molecule has 0 N–H and O–H groups in total. The summed E-state index contributed by atoms with van der Waals surface area (Å²) in [6.07, 6.45) is 2.72. The van der Waals surface area contributed by atoms with Crippen LogP contribution in [0.15, 0.2) is 24.3 Å². The Kier molecular flexibility index (Phi) is 4.70. The zero-order valence-corrected chi connectivity index (χ0v) is 15.1. The maximum absolute atomic E-state index is 12.2. The van der Waals surface area contributed by atoms with Gasteiger partial charge in [0.05, 0.1) is 6.04 Å². The Morgan fingerprint density at radius 2 is 1.64 bits per heavy atom. The molecule has 22 heavy (non-hydrogen) atoms. The second-order valence-electron chi connectivity index (χ2n) is 8.84. The highest BCUT2D eigenvalue weighted by atomic mass is 16.2. The lowest BCUT2D eigenvalue weighted by molar-refractivity contribution is -0.130. The lowest BCUT2D eigenvalue weighted by atomic mass is 9.82. The van der Waals surface area contributed by atoms with Crippen molar-refractivity contribution in [2.24, 2.45) is 5.41 Å². The zero-order valence-electron chi connectivity index (χ0n) is 15.1. The van der Waals surface area contributed by atoms with E-state index < -0.39 is 0 Å². The summed E-state index contributed by atoms with van der Waals surface area (Å²) >= 11 is 0. The van der Waals surface area contributed by atoms with E-state index in [0.29, 0.717) is 12.3 Å². The van der Waals surface area contributed by atoms with Crippen molar-refractivity contribution in [2.75, 3.05) is 6.54 Å². The van der Waals surface area contributed by atoms with Crippen molar-refractivity contribution in [1.82, 2.24) is 4.90 Å². The minimum atomic E-state index is 0.168. The highest BCUT2D eigenvalue weighted by Gasteiger charge is 2.32. The van der Waals surface area contributed by atoms with E-state index in [9.17, 15) is 4.79 Å². The first-order chi connectivity index (χ1) is 10.1. The summed E-state index contributed by atoms with van der Waals surface area (Å²) in [4.78, 5) is 14.3. The summed E-state index contributed by atoms with van der Waals surface area (Å²) in [5.74, 6) is 0.314. The number of rotatable bonds is 3. The monoisotopic (exact) mass is 301 g/mol. The van der Waals surface area contributed by atoms with Gasteiger partial charge in [-0.3, -0.25) is 4.79 Å². The Morgan fingerprint density at radius 3 is 2.05 bits per heavy atom. The molecule has 1 saturated heterocycles. The van der Waals surface area contributed by atoms with Gasteiger partial charge in [-0.1, -0.05) is 65.8 Å². The van der Waals surface area contributed by atoms with E-state index in [0.717, 1.165) is 19.4 Å². The molecule has 0 aliphatic carbocycles. The number of benzene rings is 1. The molecule has 1 aliphatic heterocycles. The molecule has 0 bridgehead atoms. The summed E-state index contributed by atoms with van der Waals surface area (Å²) < 4.78 is 0. The molecule has 1 heterocycles. The summed E-state index contributed by atoms with van der Waals surface area (Å²) in [5, 5.41) is 0. The third-order valence-electron chi connectivity index (χ3n) is 4.45. The van der Waals surface area contributed by atoms with Crippen LogP contribution >= 0.6 is 0 Å². The van der Waals surface area contributed by atoms with Crippen LogP contribution in [-0.4, -0.2) is 17.4 Å². The minimum Gasteiger partial charge on any atom is -0.336 e.